The van der Waals surface area contributed by atoms with Crippen LogP contribution in [0.15, 0.2) is 42.5 Å². The smallest absolute Gasteiger partial charge is 0.387 e. The molecule has 2 aromatic rings. The monoisotopic (exact) mass is 470 g/mol. The lowest BCUT2D eigenvalue weighted by Gasteiger charge is -2.34. The van der Waals surface area contributed by atoms with Crippen molar-refractivity contribution in [3.05, 3.63) is 70.0 Å². The van der Waals surface area contributed by atoms with Crippen molar-refractivity contribution in [2.45, 2.75) is 37.6 Å². The Morgan fingerprint density at radius 2 is 1.84 bits per heavy atom. The molecular weight excluding hydrogens is 448 g/mol. The molecule has 0 aromatic heterocycles. The number of rotatable bonds is 5. The van der Waals surface area contributed by atoms with E-state index < -0.39 is 23.7 Å². The second-order valence-electron chi connectivity index (χ2n) is 8.69. The summed E-state index contributed by atoms with van der Waals surface area (Å²) in [6.07, 6.45) is -2.76. The van der Waals surface area contributed by atoms with Crippen molar-refractivity contribution in [1.82, 2.24) is 10.2 Å². The molecule has 1 heterocycles. The second kappa shape index (κ2) is 8.65. The van der Waals surface area contributed by atoms with E-state index in [0.717, 1.165) is 56.6 Å². The number of carbonyl (C=O) groups is 1. The maximum absolute atomic E-state index is 13.5. The van der Waals surface area contributed by atoms with Crippen molar-refractivity contribution in [3.63, 3.8) is 0 Å². The van der Waals surface area contributed by atoms with Crippen LogP contribution in [-0.2, 0) is 6.18 Å². The summed E-state index contributed by atoms with van der Waals surface area (Å²) in [5.74, 6) is -0.915. The summed E-state index contributed by atoms with van der Waals surface area (Å²) < 4.78 is 51.6. The van der Waals surface area contributed by atoms with Gasteiger partial charge < -0.3 is 15.3 Å². The molecule has 1 amide bonds. The minimum absolute atomic E-state index is 0.00257. The van der Waals surface area contributed by atoms with Gasteiger partial charge in [-0.15, -0.1) is 0 Å². The summed E-state index contributed by atoms with van der Waals surface area (Å²) >= 11 is 5.82. The number of halogens is 5. The Bertz CT molecular complexity index is 968. The molecule has 2 aliphatic rings. The Hall–Kier alpha value is -2.16. The van der Waals surface area contributed by atoms with Crippen LogP contribution in [-0.4, -0.2) is 41.6 Å². The van der Waals surface area contributed by atoms with Gasteiger partial charge in [-0.3, -0.25) is 4.79 Å². The Balaban J connectivity index is 1.27. The number of β-amino-alcohol motifs (C(OH)–C–C–N with tert-alkyl or cyclic N) is 1. The van der Waals surface area contributed by atoms with E-state index in [1.807, 2.05) is 0 Å². The van der Waals surface area contributed by atoms with Gasteiger partial charge in [0.25, 0.3) is 5.91 Å². The number of nitrogens with one attached hydrogen (secondary N) is 1. The zero-order chi connectivity index (χ0) is 23.1. The van der Waals surface area contributed by atoms with Gasteiger partial charge >= 0.3 is 6.18 Å². The fraction of sp³-hybridized carbons (Fsp3) is 0.435. The number of piperidine rings is 1. The van der Waals surface area contributed by atoms with Gasteiger partial charge in [-0.2, -0.15) is 13.2 Å². The third-order valence-electron chi connectivity index (χ3n) is 6.53. The fourth-order valence-corrected chi connectivity index (χ4v) is 4.68. The largest absolute Gasteiger partial charge is 0.416 e. The van der Waals surface area contributed by atoms with Gasteiger partial charge in [-0.25, -0.2) is 4.39 Å². The number of likely N-dealkylation sites (tertiary alicyclic amines) is 1. The summed E-state index contributed by atoms with van der Waals surface area (Å²) in [6.45, 7) is 1.77. The standard InChI is InChI=1S/C23H23ClF4N2O2/c24-17-9-15(10-18(25)11-17)21(32)29-20-12-22(20)5-7-30(8-6-22)13-19(31)14-1-3-16(4-2-14)23(26,27)28/h1-4,9-11,19-20,31H,5-8,12-13H2,(H,29,32)/t19?,20-/m0/s1. The number of benzene rings is 2. The first-order chi connectivity index (χ1) is 15.1. The molecule has 2 N–H and O–H groups in total. The van der Waals surface area contributed by atoms with Crippen LogP contribution in [0.2, 0.25) is 5.02 Å². The first-order valence-corrected chi connectivity index (χ1v) is 10.8. The van der Waals surface area contributed by atoms with Crippen molar-refractivity contribution in [2.75, 3.05) is 19.6 Å². The Labute approximate surface area is 188 Å². The van der Waals surface area contributed by atoms with E-state index in [1.165, 1.54) is 18.2 Å². The second-order valence-corrected chi connectivity index (χ2v) is 9.12. The molecule has 9 heteroatoms. The van der Waals surface area contributed by atoms with Crippen LogP contribution in [0.3, 0.4) is 0 Å². The lowest BCUT2D eigenvalue weighted by Crippen LogP contribution is -2.40. The van der Waals surface area contributed by atoms with Gasteiger partial charge in [-0.1, -0.05) is 23.7 Å². The highest BCUT2D eigenvalue weighted by atomic mass is 35.5. The third-order valence-corrected chi connectivity index (χ3v) is 6.74. The van der Waals surface area contributed by atoms with Crippen LogP contribution in [0, 0.1) is 11.2 Å². The van der Waals surface area contributed by atoms with Crippen molar-refractivity contribution >= 4 is 17.5 Å². The zero-order valence-electron chi connectivity index (χ0n) is 17.1. The number of alkyl halides is 3. The van der Waals surface area contributed by atoms with Crippen molar-refractivity contribution in [3.8, 4) is 0 Å². The van der Waals surface area contributed by atoms with Crippen molar-refractivity contribution < 1.29 is 27.5 Å². The quantitative estimate of drug-likeness (QED) is 0.616. The number of hydrogen-bond acceptors (Lipinski definition) is 3. The molecule has 1 saturated heterocycles. The summed E-state index contributed by atoms with van der Waals surface area (Å²) in [6, 6.07) is 8.32. The molecule has 1 aliphatic heterocycles. The van der Waals surface area contributed by atoms with Crippen LogP contribution in [0.5, 0.6) is 0 Å². The number of nitrogens with zero attached hydrogens (tertiary/aromatic N) is 1. The molecule has 1 saturated carbocycles. The van der Waals surface area contributed by atoms with Crippen LogP contribution < -0.4 is 5.32 Å². The number of hydrogen-bond donors (Lipinski definition) is 2. The SMILES string of the molecule is O=C(N[C@H]1CC12CCN(CC(O)c1ccc(C(F)(F)F)cc1)CC2)c1cc(F)cc(Cl)c1. The van der Waals surface area contributed by atoms with Gasteiger partial charge in [0.1, 0.15) is 5.82 Å². The van der Waals surface area contributed by atoms with Crippen molar-refractivity contribution in [2.24, 2.45) is 5.41 Å². The summed E-state index contributed by atoms with van der Waals surface area (Å²) in [7, 11) is 0. The number of carbonyl (C=O) groups excluding carboxylic acids is 1. The normalized spacial score (nSPS) is 21.4. The van der Waals surface area contributed by atoms with Crippen LogP contribution in [0.1, 0.15) is 46.9 Å². The van der Waals surface area contributed by atoms with Crippen LogP contribution >= 0.6 is 11.6 Å². The highest BCUT2D eigenvalue weighted by Gasteiger charge is 2.55. The number of aliphatic hydroxyl groups excluding tert-OH is 1. The number of amides is 1. The highest BCUT2D eigenvalue weighted by molar-refractivity contribution is 6.31. The first kappa shape index (κ1) is 23.0. The summed E-state index contributed by atoms with van der Waals surface area (Å²) in [4.78, 5) is 14.5. The van der Waals surface area contributed by atoms with Gasteiger partial charge in [0, 0.05) is 23.2 Å². The van der Waals surface area contributed by atoms with Gasteiger partial charge in [-0.05, 0) is 73.7 Å². The Kier molecular flexibility index (Phi) is 6.22. The molecule has 172 valence electrons. The molecule has 1 spiro atoms. The molecule has 4 nitrogen and oxygen atoms in total. The van der Waals surface area contributed by atoms with E-state index in [9.17, 15) is 27.5 Å². The molecule has 4 rings (SSSR count). The van der Waals surface area contributed by atoms with E-state index >= 15 is 0 Å². The maximum Gasteiger partial charge on any atom is 0.416 e. The van der Waals surface area contributed by atoms with E-state index in [-0.39, 0.29) is 28.0 Å². The Morgan fingerprint density at radius 3 is 2.44 bits per heavy atom. The van der Waals surface area contributed by atoms with E-state index in [0.29, 0.717) is 12.1 Å². The van der Waals surface area contributed by atoms with Crippen molar-refractivity contribution in [1.29, 1.82) is 0 Å². The predicted molar refractivity (Wildman–Crippen MR) is 112 cm³/mol. The molecule has 2 aromatic carbocycles. The third kappa shape index (κ3) is 5.08. The minimum Gasteiger partial charge on any atom is -0.387 e. The van der Waals surface area contributed by atoms with E-state index in [4.69, 9.17) is 11.6 Å². The molecule has 1 unspecified atom stereocenters. The zero-order valence-corrected chi connectivity index (χ0v) is 17.9. The van der Waals surface area contributed by atoms with Crippen LogP contribution in [0.4, 0.5) is 17.6 Å². The molecular formula is C23H23ClF4N2O2. The molecule has 2 atom stereocenters. The molecule has 32 heavy (non-hydrogen) atoms. The Morgan fingerprint density at radius 1 is 1.19 bits per heavy atom. The lowest BCUT2D eigenvalue weighted by atomic mass is 9.92. The molecule has 0 bridgehead atoms. The maximum atomic E-state index is 13.5. The van der Waals surface area contributed by atoms with Gasteiger partial charge in [0.15, 0.2) is 0 Å². The van der Waals surface area contributed by atoms with Gasteiger partial charge in [0.05, 0.1) is 11.7 Å². The average Bonchev–Trinajstić information content (AvgIpc) is 3.39. The minimum atomic E-state index is -4.40. The highest BCUT2D eigenvalue weighted by Crippen LogP contribution is 2.54. The average molecular weight is 471 g/mol. The number of aliphatic hydroxyl groups is 1. The van der Waals surface area contributed by atoms with E-state index in [2.05, 4.69) is 10.2 Å². The topological polar surface area (TPSA) is 52.6 Å². The molecule has 0 radical (unpaired) electrons. The molecule has 1 aliphatic carbocycles. The summed E-state index contributed by atoms with van der Waals surface area (Å²) in [5, 5.41) is 13.6. The van der Waals surface area contributed by atoms with Crippen LogP contribution in [0.25, 0.3) is 0 Å². The summed E-state index contributed by atoms with van der Waals surface area (Å²) in [5.41, 5.74) is -0.101. The lowest BCUT2D eigenvalue weighted by molar-refractivity contribution is -0.137. The molecule has 2 fully saturated rings. The predicted octanol–water partition coefficient (Wildman–Crippen LogP) is 4.82. The first-order valence-electron chi connectivity index (χ1n) is 10.4. The van der Waals surface area contributed by atoms with E-state index in [1.54, 1.807) is 0 Å². The fourth-order valence-electron chi connectivity index (χ4n) is 4.46. The van der Waals surface area contributed by atoms with Gasteiger partial charge in [0.2, 0.25) is 0 Å².